The van der Waals surface area contributed by atoms with E-state index in [-0.39, 0.29) is 30.3 Å². The molecule has 0 aliphatic rings. The van der Waals surface area contributed by atoms with Gasteiger partial charge in [-0.1, -0.05) is 57.5 Å². The van der Waals surface area contributed by atoms with E-state index in [1.165, 1.54) is 23.5 Å². The summed E-state index contributed by atoms with van der Waals surface area (Å²) in [6.07, 6.45) is -0.529. The number of hydrogen-bond acceptors (Lipinski definition) is 6. The van der Waals surface area contributed by atoms with Gasteiger partial charge in [-0.15, -0.1) is 0 Å². The quantitative estimate of drug-likeness (QED) is 0.333. The summed E-state index contributed by atoms with van der Waals surface area (Å²) in [4.78, 5) is 12.7. The Bertz CT molecular complexity index is 1030. The van der Waals surface area contributed by atoms with E-state index in [4.69, 9.17) is 4.74 Å². The van der Waals surface area contributed by atoms with Crippen molar-refractivity contribution >= 4 is 15.9 Å². The second kappa shape index (κ2) is 14.3. The molecule has 0 unspecified atom stereocenters. The fourth-order valence-corrected chi connectivity index (χ4v) is 5.33. The van der Waals surface area contributed by atoms with Gasteiger partial charge in [-0.05, 0) is 48.6 Å². The summed E-state index contributed by atoms with van der Waals surface area (Å²) in [6, 6.07) is 14.8. The molecule has 8 nitrogen and oxygen atoms in total. The number of ether oxygens (including phenoxy) is 1. The molecule has 0 aliphatic carbocycles. The van der Waals surface area contributed by atoms with Crippen LogP contribution in [0.4, 0.5) is 0 Å². The average Bonchev–Trinajstić information content (AvgIpc) is 2.88. The van der Waals surface area contributed by atoms with Gasteiger partial charge in [0, 0.05) is 13.1 Å². The van der Waals surface area contributed by atoms with Gasteiger partial charge >= 0.3 is 0 Å². The van der Waals surface area contributed by atoms with Gasteiger partial charge in [-0.25, -0.2) is 8.42 Å². The van der Waals surface area contributed by atoms with Gasteiger partial charge in [-0.2, -0.15) is 4.31 Å². The maximum absolute atomic E-state index is 13.6. The number of hydrogen-bond donors (Lipinski definition) is 3. The molecule has 0 bridgehead atoms. The van der Waals surface area contributed by atoms with Crippen molar-refractivity contribution in [2.75, 3.05) is 20.2 Å². The highest BCUT2D eigenvalue weighted by molar-refractivity contribution is 7.89. The lowest BCUT2D eigenvalue weighted by Gasteiger charge is -2.31. The van der Waals surface area contributed by atoms with Crippen molar-refractivity contribution in [3.63, 3.8) is 0 Å². The summed E-state index contributed by atoms with van der Waals surface area (Å²) in [6.45, 7) is 5.76. The van der Waals surface area contributed by atoms with Gasteiger partial charge in [0.15, 0.2) is 0 Å². The molecule has 36 heavy (non-hydrogen) atoms. The topological polar surface area (TPSA) is 116 Å². The molecule has 0 aromatic heterocycles. The van der Waals surface area contributed by atoms with Gasteiger partial charge < -0.3 is 20.3 Å². The van der Waals surface area contributed by atoms with Crippen LogP contribution in [0.3, 0.4) is 0 Å². The molecule has 0 saturated heterocycles. The van der Waals surface area contributed by atoms with E-state index >= 15 is 0 Å². The zero-order valence-electron chi connectivity index (χ0n) is 21.6. The van der Waals surface area contributed by atoms with E-state index in [0.717, 1.165) is 12.0 Å². The highest BCUT2D eigenvalue weighted by Gasteiger charge is 2.31. The summed E-state index contributed by atoms with van der Waals surface area (Å²) >= 11 is 0. The van der Waals surface area contributed by atoms with E-state index in [1.807, 2.05) is 44.2 Å². The van der Waals surface area contributed by atoms with Gasteiger partial charge in [0.05, 0.1) is 36.7 Å². The number of carbonyl (C=O) groups is 1. The number of methoxy groups -OCH3 is 1. The van der Waals surface area contributed by atoms with Crippen molar-refractivity contribution in [2.45, 2.75) is 69.6 Å². The van der Waals surface area contributed by atoms with E-state index < -0.39 is 34.2 Å². The molecule has 2 rings (SSSR count). The molecular weight excluding hydrogens is 480 g/mol. The molecular formula is C27H40N2O6S. The van der Waals surface area contributed by atoms with Crippen LogP contribution in [0.2, 0.25) is 0 Å². The minimum absolute atomic E-state index is 0.0621. The second-order valence-corrected chi connectivity index (χ2v) is 11.1. The molecule has 0 fully saturated rings. The van der Waals surface area contributed by atoms with Gasteiger partial charge in [-0.3, -0.25) is 4.79 Å². The van der Waals surface area contributed by atoms with Crippen LogP contribution in [0, 0.1) is 5.92 Å². The monoisotopic (exact) mass is 520 g/mol. The second-order valence-electron chi connectivity index (χ2n) is 9.21. The fraction of sp³-hybridized carbons (Fsp3) is 0.519. The zero-order valence-corrected chi connectivity index (χ0v) is 22.4. The van der Waals surface area contributed by atoms with Crippen LogP contribution < -0.4 is 10.1 Å². The number of sulfonamides is 1. The van der Waals surface area contributed by atoms with Crippen LogP contribution in [0.5, 0.6) is 5.75 Å². The summed E-state index contributed by atoms with van der Waals surface area (Å²) in [5.41, 5.74) is 0.893. The van der Waals surface area contributed by atoms with Crippen molar-refractivity contribution < 1.29 is 28.2 Å². The molecule has 9 heteroatoms. The third-order valence-corrected chi connectivity index (χ3v) is 8.15. The Balaban J connectivity index is 2.32. The van der Waals surface area contributed by atoms with Crippen molar-refractivity contribution in [3.05, 3.63) is 60.2 Å². The van der Waals surface area contributed by atoms with E-state index in [0.29, 0.717) is 18.6 Å². The van der Waals surface area contributed by atoms with Crippen LogP contribution in [0.15, 0.2) is 59.5 Å². The first-order chi connectivity index (χ1) is 17.1. The Labute approximate surface area is 215 Å². The minimum atomic E-state index is -3.92. The Morgan fingerprint density at radius 3 is 2.19 bits per heavy atom. The number of aliphatic hydroxyl groups is 2. The number of amides is 1. The number of carbonyl (C=O) groups excluding carboxylic acids is 1. The normalized spacial score (nSPS) is 15.2. The van der Waals surface area contributed by atoms with Crippen LogP contribution >= 0.6 is 0 Å². The highest BCUT2D eigenvalue weighted by Crippen LogP contribution is 2.22. The molecule has 1 amide bonds. The Hall–Kier alpha value is -2.46. The number of nitrogens with one attached hydrogen (secondary N) is 1. The van der Waals surface area contributed by atoms with Crippen molar-refractivity contribution in [1.29, 1.82) is 0 Å². The van der Waals surface area contributed by atoms with E-state index in [2.05, 4.69) is 5.32 Å². The summed E-state index contributed by atoms with van der Waals surface area (Å²) in [7, 11) is -2.41. The Morgan fingerprint density at radius 2 is 1.64 bits per heavy atom. The summed E-state index contributed by atoms with van der Waals surface area (Å²) in [5.74, 6) is 0.213. The molecule has 0 heterocycles. The third kappa shape index (κ3) is 8.89. The SMILES string of the molecule is CC[C@H](C)CN(C[C@@H](O)[C@H](Cc1ccccc1)NC(=O)C[C@@H](O)CC)S(=O)(=O)c1ccc(OC)cc1. The lowest BCUT2D eigenvalue weighted by atomic mass is 10.00. The minimum Gasteiger partial charge on any atom is -0.497 e. The maximum atomic E-state index is 13.6. The lowest BCUT2D eigenvalue weighted by Crippen LogP contribution is -2.51. The molecule has 3 N–H and O–H groups in total. The number of aliphatic hydroxyl groups excluding tert-OH is 2. The summed E-state index contributed by atoms with van der Waals surface area (Å²) in [5, 5.41) is 24.0. The number of benzene rings is 2. The van der Waals surface area contributed by atoms with Gasteiger partial charge in [0.1, 0.15) is 5.75 Å². The molecule has 200 valence electrons. The smallest absolute Gasteiger partial charge is 0.243 e. The fourth-order valence-electron chi connectivity index (χ4n) is 3.76. The maximum Gasteiger partial charge on any atom is 0.243 e. The summed E-state index contributed by atoms with van der Waals surface area (Å²) < 4.78 is 33.6. The lowest BCUT2D eigenvalue weighted by molar-refractivity contribution is -0.124. The molecule has 0 radical (unpaired) electrons. The van der Waals surface area contributed by atoms with Crippen LogP contribution in [-0.4, -0.2) is 67.3 Å². The van der Waals surface area contributed by atoms with Gasteiger partial charge in [0.25, 0.3) is 0 Å². The van der Waals surface area contributed by atoms with Crippen LogP contribution in [-0.2, 0) is 21.2 Å². The predicted octanol–water partition coefficient (Wildman–Crippen LogP) is 2.98. The average molecular weight is 521 g/mol. The van der Waals surface area contributed by atoms with Crippen LogP contribution in [0.1, 0.15) is 45.6 Å². The largest absolute Gasteiger partial charge is 0.497 e. The van der Waals surface area contributed by atoms with E-state index in [9.17, 15) is 23.4 Å². The molecule has 2 aromatic rings. The molecule has 0 aliphatic heterocycles. The third-order valence-electron chi connectivity index (χ3n) is 6.30. The molecule has 2 aromatic carbocycles. The standard InChI is InChI=1S/C27H40N2O6S/c1-5-20(3)18-29(36(33,34)24-14-12-23(35-4)13-15-24)19-26(31)25(16-21-10-8-7-9-11-21)28-27(32)17-22(30)6-2/h7-15,20,22,25-26,30-31H,5-6,16-19H2,1-4H3,(H,28,32)/t20-,22-,25-,26+/m0/s1. The van der Waals surface area contributed by atoms with Gasteiger partial charge in [0.2, 0.25) is 15.9 Å². The Morgan fingerprint density at radius 1 is 1.00 bits per heavy atom. The molecule has 4 atom stereocenters. The van der Waals surface area contributed by atoms with Crippen molar-refractivity contribution in [2.24, 2.45) is 5.92 Å². The first-order valence-electron chi connectivity index (χ1n) is 12.4. The van der Waals surface area contributed by atoms with E-state index in [1.54, 1.807) is 19.1 Å². The van der Waals surface area contributed by atoms with Crippen molar-refractivity contribution in [1.82, 2.24) is 9.62 Å². The number of rotatable bonds is 15. The highest BCUT2D eigenvalue weighted by atomic mass is 32.2. The Kier molecular flexibility index (Phi) is 11.8. The first-order valence-corrected chi connectivity index (χ1v) is 13.9. The number of nitrogens with zero attached hydrogens (tertiary/aromatic N) is 1. The molecule has 0 spiro atoms. The predicted molar refractivity (Wildman–Crippen MR) is 140 cm³/mol. The van der Waals surface area contributed by atoms with Crippen molar-refractivity contribution in [3.8, 4) is 5.75 Å². The zero-order chi connectivity index (χ0) is 26.7. The van der Waals surface area contributed by atoms with Crippen LogP contribution in [0.25, 0.3) is 0 Å². The first kappa shape index (κ1) is 29.8. The molecule has 0 saturated carbocycles.